The molecule has 0 radical (unpaired) electrons. The quantitative estimate of drug-likeness (QED) is 0.727. The molecule has 0 bridgehead atoms. The summed E-state index contributed by atoms with van der Waals surface area (Å²) in [6.45, 7) is 0.465. The number of carbonyl (C=O) groups is 1. The Morgan fingerprint density at radius 1 is 1.80 bits per heavy atom. The number of thioether (sulfide) groups is 1. The fourth-order valence-corrected chi connectivity index (χ4v) is 1.57. The van der Waals surface area contributed by atoms with Crippen molar-refractivity contribution in [2.75, 3.05) is 19.3 Å². The van der Waals surface area contributed by atoms with Crippen molar-refractivity contribution in [3.05, 3.63) is 6.33 Å². The van der Waals surface area contributed by atoms with Crippen LogP contribution in [-0.4, -0.2) is 45.3 Å². The molecule has 80 valence electrons. The molecule has 0 unspecified atom stereocenters. The van der Waals surface area contributed by atoms with Gasteiger partial charge in [0, 0.05) is 13.6 Å². The van der Waals surface area contributed by atoms with Crippen molar-refractivity contribution < 1.29 is 4.79 Å². The van der Waals surface area contributed by atoms with E-state index in [1.807, 2.05) is 6.07 Å². The SMILES string of the molecule is CN(CCC#N)C(=O)CSc1ncn[nH]1. The maximum Gasteiger partial charge on any atom is 0.232 e. The van der Waals surface area contributed by atoms with Gasteiger partial charge in [0.2, 0.25) is 5.91 Å². The highest BCUT2D eigenvalue weighted by atomic mass is 32.2. The van der Waals surface area contributed by atoms with Gasteiger partial charge in [0.15, 0.2) is 5.16 Å². The summed E-state index contributed by atoms with van der Waals surface area (Å²) < 4.78 is 0. The number of hydrogen-bond acceptors (Lipinski definition) is 5. The summed E-state index contributed by atoms with van der Waals surface area (Å²) in [6, 6.07) is 1.99. The number of hydrogen-bond donors (Lipinski definition) is 1. The lowest BCUT2D eigenvalue weighted by atomic mass is 10.4. The minimum atomic E-state index is -0.0216. The Hall–Kier alpha value is -1.55. The first-order chi connectivity index (χ1) is 7.24. The summed E-state index contributed by atoms with van der Waals surface area (Å²) in [5, 5.41) is 15.3. The second kappa shape index (κ2) is 6.03. The maximum atomic E-state index is 11.5. The lowest BCUT2D eigenvalue weighted by molar-refractivity contribution is -0.127. The Kier molecular flexibility index (Phi) is 4.63. The monoisotopic (exact) mass is 225 g/mol. The zero-order chi connectivity index (χ0) is 11.1. The highest BCUT2D eigenvalue weighted by Gasteiger charge is 2.09. The van der Waals surface area contributed by atoms with Crippen LogP contribution in [0.1, 0.15) is 6.42 Å². The first-order valence-corrected chi connectivity index (χ1v) is 5.31. The third-order valence-electron chi connectivity index (χ3n) is 1.71. The largest absolute Gasteiger partial charge is 0.344 e. The van der Waals surface area contributed by atoms with Crippen LogP contribution in [0.3, 0.4) is 0 Å². The van der Waals surface area contributed by atoms with E-state index in [1.54, 1.807) is 7.05 Å². The van der Waals surface area contributed by atoms with Gasteiger partial charge in [-0.2, -0.15) is 10.4 Å². The maximum absolute atomic E-state index is 11.5. The molecule has 0 saturated carbocycles. The second-order valence-corrected chi connectivity index (χ2v) is 3.77. The Morgan fingerprint density at radius 3 is 3.20 bits per heavy atom. The molecule has 0 spiro atoms. The lowest BCUT2D eigenvalue weighted by Gasteiger charge is -2.14. The van der Waals surface area contributed by atoms with E-state index in [2.05, 4.69) is 15.2 Å². The van der Waals surface area contributed by atoms with Gasteiger partial charge in [-0.1, -0.05) is 11.8 Å². The molecular formula is C8H11N5OS. The molecule has 0 aromatic carbocycles. The van der Waals surface area contributed by atoms with E-state index in [4.69, 9.17) is 5.26 Å². The van der Waals surface area contributed by atoms with E-state index in [0.29, 0.717) is 23.9 Å². The Balaban J connectivity index is 2.27. The van der Waals surface area contributed by atoms with Gasteiger partial charge in [0.05, 0.1) is 18.2 Å². The van der Waals surface area contributed by atoms with Gasteiger partial charge in [0.1, 0.15) is 6.33 Å². The van der Waals surface area contributed by atoms with Crippen LogP contribution in [0.5, 0.6) is 0 Å². The minimum Gasteiger partial charge on any atom is -0.344 e. The van der Waals surface area contributed by atoms with Crippen LogP contribution in [0.4, 0.5) is 0 Å². The molecule has 6 nitrogen and oxygen atoms in total. The van der Waals surface area contributed by atoms with Gasteiger partial charge in [-0.15, -0.1) is 0 Å². The van der Waals surface area contributed by atoms with E-state index in [9.17, 15) is 4.79 Å². The molecule has 1 aromatic heterocycles. The van der Waals surface area contributed by atoms with Gasteiger partial charge in [-0.3, -0.25) is 9.89 Å². The third kappa shape index (κ3) is 3.99. The molecule has 1 N–H and O–H groups in total. The zero-order valence-electron chi connectivity index (χ0n) is 8.30. The lowest BCUT2D eigenvalue weighted by Crippen LogP contribution is -2.29. The fraction of sp³-hybridized carbons (Fsp3) is 0.500. The number of nitriles is 1. The summed E-state index contributed by atoms with van der Waals surface area (Å²) in [6.07, 6.45) is 1.75. The molecule has 0 saturated heterocycles. The number of H-pyrrole nitrogens is 1. The van der Waals surface area contributed by atoms with Gasteiger partial charge in [-0.05, 0) is 0 Å². The van der Waals surface area contributed by atoms with Crippen LogP contribution in [0.15, 0.2) is 11.5 Å². The van der Waals surface area contributed by atoms with Crippen LogP contribution in [-0.2, 0) is 4.79 Å². The Labute approximate surface area is 91.7 Å². The van der Waals surface area contributed by atoms with E-state index in [1.165, 1.54) is 23.0 Å². The standard InChI is InChI=1S/C8H11N5OS/c1-13(4-2-3-9)7(14)5-15-8-10-6-11-12-8/h6H,2,4-5H2,1H3,(H,10,11,12). The average molecular weight is 225 g/mol. The highest BCUT2D eigenvalue weighted by Crippen LogP contribution is 2.10. The molecule has 0 fully saturated rings. The van der Waals surface area contributed by atoms with Crippen molar-refractivity contribution in [3.63, 3.8) is 0 Å². The Morgan fingerprint density at radius 2 is 2.60 bits per heavy atom. The summed E-state index contributed by atoms with van der Waals surface area (Å²) >= 11 is 1.29. The van der Waals surface area contributed by atoms with E-state index in [0.717, 1.165) is 0 Å². The van der Waals surface area contributed by atoms with Crippen LogP contribution in [0.2, 0.25) is 0 Å². The first-order valence-electron chi connectivity index (χ1n) is 4.33. The number of aromatic amines is 1. The summed E-state index contributed by atoms with van der Waals surface area (Å²) in [4.78, 5) is 16.9. The summed E-state index contributed by atoms with van der Waals surface area (Å²) in [5.41, 5.74) is 0. The third-order valence-corrected chi connectivity index (χ3v) is 2.57. The van der Waals surface area contributed by atoms with Crippen LogP contribution >= 0.6 is 11.8 Å². The van der Waals surface area contributed by atoms with E-state index < -0.39 is 0 Å². The smallest absolute Gasteiger partial charge is 0.232 e. The van der Waals surface area contributed by atoms with E-state index in [-0.39, 0.29) is 5.91 Å². The zero-order valence-corrected chi connectivity index (χ0v) is 9.12. The van der Waals surface area contributed by atoms with Crippen LogP contribution in [0.25, 0.3) is 0 Å². The molecule has 15 heavy (non-hydrogen) atoms. The van der Waals surface area contributed by atoms with Gasteiger partial charge >= 0.3 is 0 Å². The summed E-state index contributed by atoms with van der Waals surface area (Å²) in [5.74, 6) is 0.281. The molecular weight excluding hydrogens is 214 g/mol. The molecule has 1 rings (SSSR count). The van der Waals surface area contributed by atoms with Crippen molar-refractivity contribution in [1.82, 2.24) is 20.1 Å². The molecule has 0 atom stereocenters. The van der Waals surface area contributed by atoms with Crippen LogP contribution in [0, 0.1) is 11.3 Å². The number of aromatic nitrogens is 3. The number of nitrogens with one attached hydrogen (secondary N) is 1. The number of amides is 1. The topological polar surface area (TPSA) is 85.7 Å². The molecule has 7 heteroatoms. The van der Waals surface area contributed by atoms with E-state index >= 15 is 0 Å². The number of rotatable bonds is 5. The molecule has 1 aromatic rings. The fourth-order valence-electron chi connectivity index (χ4n) is 0.846. The van der Waals surface area contributed by atoms with Crippen molar-refractivity contribution >= 4 is 17.7 Å². The normalized spacial score (nSPS) is 9.60. The van der Waals surface area contributed by atoms with Gasteiger partial charge < -0.3 is 4.90 Å². The van der Waals surface area contributed by atoms with Crippen molar-refractivity contribution in [1.29, 1.82) is 5.26 Å². The van der Waals surface area contributed by atoms with Gasteiger partial charge in [-0.25, -0.2) is 4.98 Å². The van der Waals surface area contributed by atoms with Crippen molar-refractivity contribution in [2.24, 2.45) is 0 Å². The molecule has 1 heterocycles. The van der Waals surface area contributed by atoms with Gasteiger partial charge in [0.25, 0.3) is 0 Å². The number of carbonyl (C=O) groups excluding carboxylic acids is 1. The highest BCUT2D eigenvalue weighted by molar-refractivity contribution is 7.99. The number of nitrogens with zero attached hydrogens (tertiary/aromatic N) is 4. The van der Waals surface area contributed by atoms with Crippen molar-refractivity contribution in [2.45, 2.75) is 11.6 Å². The summed E-state index contributed by atoms with van der Waals surface area (Å²) in [7, 11) is 1.68. The van der Waals surface area contributed by atoms with Crippen molar-refractivity contribution in [3.8, 4) is 6.07 Å². The molecule has 0 aliphatic rings. The molecule has 0 aliphatic heterocycles. The average Bonchev–Trinajstić information content (AvgIpc) is 2.75. The van der Waals surface area contributed by atoms with Crippen LogP contribution < -0.4 is 0 Å². The molecule has 1 amide bonds. The first kappa shape index (κ1) is 11.5. The molecule has 0 aliphatic carbocycles. The predicted molar refractivity (Wildman–Crippen MR) is 55.0 cm³/mol. The predicted octanol–water partition coefficient (Wildman–Crippen LogP) is 0.269. The Bertz CT molecular complexity index is 344. The second-order valence-electron chi connectivity index (χ2n) is 2.80. The minimum absolute atomic E-state index is 0.0216.